The lowest BCUT2D eigenvalue weighted by Crippen LogP contribution is -2.26. The number of nitrogens with one attached hydrogen (secondary N) is 2. The molecule has 0 aliphatic carbocycles. The molecule has 0 unspecified atom stereocenters. The summed E-state index contributed by atoms with van der Waals surface area (Å²) < 4.78 is 31.2. The van der Waals surface area contributed by atoms with Gasteiger partial charge in [0.1, 0.15) is 37.0 Å². The minimum atomic E-state index is -0.494. The standard InChI is InChI=1S/C23H24ClFN4O4/c24-18-11-15(1-2-19(18)25)29-23-17-12-22(33-16-3-8-31-9-4-16)21(13-20(17)27-14-28-23)32-10-6-26-5-7-30/h1-2,7,11-14,16,26H,3-6,8-10H2,(H,27,28,29). The number of hydrogen-bond donors (Lipinski definition) is 2. The zero-order chi connectivity index (χ0) is 23.0. The Bertz CT molecular complexity index is 1110. The fourth-order valence-electron chi connectivity index (χ4n) is 3.45. The minimum absolute atomic E-state index is 0.00341. The van der Waals surface area contributed by atoms with Gasteiger partial charge in [0, 0.05) is 36.5 Å². The summed E-state index contributed by atoms with van der Waals surface area (Å²) in [5, 5.41) is 6.86. The van der Waals surface area contributed by atoms with Gasteiger partial charge < -0.3 is 29.6 Å². The molecule has 0 saturated carbocycles. The molecule has 3 aromatic rings. The Kier molecular flexibility index (Phi) is 7.87. The predicted molar refractivity (Wildman–Crippen MR) is 123 cm³/mol. The smallest absolute Gasteiger partial charge is 0.163 e. The maximum Gasteiger partial charge on any atom is 0.163 e. The number of carbonyl (C=O) groups excluding carboxylic acids is 1. The summed E-state index contributed by atoms with van der Waals surface area (Å²) in [4.78, 5) is 19.2. The van der Waals surface area contributed by atoms with Gasteiger partial charge in [-0.25, -0.2) is 14.4 Å². The summed E-state index contributed by atoms with van der Waals surface area (Å²) in [7, 11) is 0. The Balaban J connectivity index is 1.63. The van der Waals surface area contributed by atoms with Crippen LogP contribution in [0.5, 0.6) is 11.5 Å². The summed E-state index contributed by atoms with van der Waals surface area (Å²) in [5.74, 6) is 1.15. The largest absolute Gasteiger partial charge is 0.488 e. The molecular weight excluding hydrogens is 451 g/mol. The number of hydrogen-bond acceptors (Lipinski definition) is 8. The number of ether oxygens (including phenoxy) is 3. The van der Waals surface area contributed by atoms with Crippen LogP contribution in [0.4, 0.5) is 15.9 Å². The van der Waals surface area contributed by atoms with E-state index in [0.717, 1.165) is 19.1 Å². The van der Waals surface area contributed by atoms with Gasteiger partial charge in [0.05, 0.1) is 30.3 Å². The minimum Gasteiger partial charge on any atom is -0.488 e. The van der Waals surface area contributed by atoms with Gasteiger partial charge in [-0.3, -0.25) is 0 Å². The van der Waals surface area contributed by atoms with Crippen molar-refractivity contribution in [2.75, 3.05) is 38.2 Å². The Morgan fingerprint density at radius 3 is 2.82 bits per heavy atom. The number of aromatic nitrogens is 2. The molecular formula is C23H24ClFN4O4. The number of nitrogens with zero attached hydrogens (tertiary/aromatic N) is 2. The van der Waals surface area contributed by atoms with E-state index in [0.29, 0.717) is 60.3 Å². The van der Waals surface area contributed by atoms with Gasteiger partial charge in [-0.1, -0.05) is 11.6 Å². The van der Waals surface area contributed by atoms with Crippen molar-refractivity contribution < 1.29 is 23.4 Å². The van der Waals surface area contributed by atoms with Crippen molar-refractivity contribution in [2.45, 2.75) is 18.9 Å². The van der Waals surface area contributed by atoms with Crippen LogP contribution in [0.3, 0.4) is 0 Å². The molecule has 174 valence electrons. The van der Waals surface area contributed by atoms with Gasteiger partial charge in [-0.15, -0.1) is 0 Å². The second kappa shape index (κ2) is 11.2. The van der Waals surface area contributed by atoms with Crippen LogP contribution in [-0.4, -0.2) is 55.3 Å². The summed E-state index contributed by atoms with van der Waals surface area (Å²) in [6.45, 7) is 2.42. The molecule has 33 heavy (non-hydrogen) atoms. The van der Waals surface area contributed by atoms with E-state index >= 15 is 0 Å². The number of anilines is 2. The van der Waals surface area contributed by atoms with Gasteiger partial charge in [-0.2, -0.15) is 0 Å². The van der Waals surface area contributed by atoms with Crippen molar-refractivity contribution in [3.8, 4) is 11.5 Å². The van der Waals surface area contributed by atoms with Crippen molar-refractivity contribution >= 4 is 40.3 Å². The van der Waals surface area contributed by atoms with E-state index in [9.17, 15) is 9.18 Å². The Hall–Kier alpha value is -3.01. The molecule has 2 N–H and O–H groups in total. The fraction of sp³-hybridized carbons (Fsp3) is 0.348. The molecule has 4 rings (SSSR count). The highest BCUT2D eigenvalue weighted by molar-refractivity contribution is 6.31. The van der Waals surface area contributed by atoms with Crippen molar-refractivity contribution in [2.24, 2.45) is 0 Å². The summed E-state index contributed by atoms with van der Waals surface area (Å²) in [6.07, 6.45) is 3.80. The first-order valence-electron chi connectivity index (χ1n) is 10.7. The van der Waals surface area contributed by atoms with E-state index in [1.165, 1.54) is 18.5 Å². The van der Waals surface area contributed by atoms with Crippen LogP contribution in [-0.2, 0) is 9.53 Å². The summed E-state index contributed by atoms with van der Waals surface area (Å²) in [5.41, 5.74) is 1.24. The van der Waals surface area contributed by atoms with Crippen LogP contribution in [0.1, 0.15) is 12.8 Å². The van der Waals surface area contributed by atoms with Crippen LogP contribution in [0.15, 0.2) is 36.7 Å². The van der Waals surface area contributed by atoms with E-state index in [1.807, 2.05) is 6.07 Å². The molecule has 1 aliphatic heterocycles. The molecule has 0 radical (unpaired) electrons. The molecule has 8 nitrogen and oxygen atoms in total. The van der Waals surface area contributed by atoms with Crippen LogP contribution < -0.4 is 20.1 Å². The first-order chi connectivity index (χ1) is 16.1. The molecule has 2 aromatic carbocycles. The van der Waals surface area contributed by atoms with E-state index in [1.54, 1.807) is 12.1 Å². The lowest BCUT2D eigenvalue weighted by atomic mass is 10.1. The van der Waals surface area contributed by atoms with E-state index < -0.39 is 5.82 Å². The van der Waals surface area contributed by atoms with Crippen LogP contribution >= 0.6 is 11.6 Å². The maximum absolute atomic E-state index is 13.5. The number of fused-ring (bicyclic) bond motifs is 1. The second-order valence-corrected chi connectivity index (χ2v) is 7.85. The Labute approximate surface area is 195 Å². The van der Waals surface area contributed by atoms with Crippen molar-refractivity contribution in [3.63, 3.8) is 0 Å². The number of rotatable bonds is 10. The SMILES string of the molecule is O=CCNCCOc1cc2ncnc(Nc3ccc(F)c(Cl)c3)c2cc1OC1CCOCC1. The molecule has 0 amide bonds. The Morgan fingerprint density at radius 1 is 1.18 bits per heavy atom. The van der Waals surface area contributed by atoms with Crippen LogP contribution in [0, 0.1) is 5.82 Å². The zero-order valence-electron chi connectivity index (χ0n) is 17.9. The third kappa shape index (κ3) is 6.07. The summed E-state index contributed by atoms with van der Waals surface area (Å²) >= 11 is 5.91. The second-order valence-electron chi connectivity index (χ2n) is 7.44. The van der Waals surface area contributed by atoms with Crippen molar-refractivity contribution in [1.82, 2.24) is 15.3 Å². The molecule has 0 atom stereocenters. The molecule has 2 heterocycles. The van der Waals surface area contributed by atoms with Crippen molar-refractivity contribution in [1.29, 1.82) is 0 Å². The quantitative estimate of drug-likeness (QED) is 0.337. The number of benzene rings is 2. The van der Waals surface area contributed by atoms with E-state index in [4.69, 9.17) is 25.8 Å². The Morgan fingerprint density at radius 2 is 2.03 bits per heavy atom. The topological polar surface area (TPSA) is 94.6 Å². The van der Waals surface area contributed by atoms with E-state index in [2.05, 4.69) is 20.6 Å². The monoisotopic (exact) mass is 474 g/mol. The van der Waals surface area contributed by atoms with Gasteiger partial charge in [0.25, 0.3) is 0 Å². The average molecular weight is 475 g/mol. The highest BCUT2D eigenvalue weighted by Crippen LogP contribution is 2.36. The number of halogens is 2. The normalized spacial score (nSPS) is 14.2. The summed E-state index contributed by atoms with van der Waals surface area (Å²) in [6, 6.07) is 8.01. The van der Waals surface area contributed by atoms with Crippen molar-refractivity contribution in [3.05, 3.63) is 47.5 Å². The van der Waals surface area contributed by atoms with Gasteiger partial charge in [-0.05, 0) is 24.3 Å². The third-order valence-electron chi connectivity index (χ3n) is 5.11. The highest BCUT2D eigenvalue weighted by atomic mass is 35.5. The molecule has 1 fully saturated rings. The molecule has 1 saturated heterocycles. The third-order valence-corrected chi connectivity index (χ3v) is 5.40. The molecule has 0 bridgehead atoms. The molecule has 0 spiro atoms. The fourth-order valence-corrected chi connectivity index (χ4v) is 3.63. The first kappa shape index (κ1) is 23.2. The molecule has 1 aliphatic rings. The highest BCUT2D eigenvalue weighted by Gasteiger charge is 2.19. The zero-order valence-corrected chi connectivity index (χ0v) is 18.6. The lowest BCUT2D eigenvalue weighted by molar-refractivity contribution is -0.107. The molecule has 10 heteroatoms. The lowest BCUT2D eigenvalue weighted by Gasteiger charge is -2.25. The number of aldehydes is 1. The van der Waals surface area contributed by atoms with Gasteiger partial charge in [0.15, 0.2) is 11.5 Å². The van der Waals surface area contributed by atoms with Crippen LogP contribution in [0.25, 0.3) is 10.9 Å². The first-order valence-corrected chi connectivity index (χ1v) is 11.0. The van der Waals surface area contributed by atoms with E-state index in [-0.39, 0.29) is 17.7 Å². The van der Waals surface area contributed by atoms with Gasteiger partial charge >= 0.3 is 0 Å². The molecule has 1 aromatic heterocycles. The predicted octanol–water partition coefficient (Wildman–Crippen LogP) is 3.89. The number of carbonyl (C=O) groups is 1. The van der Waals surface area contributed by atoms with Gasteiger partial charge in [0.2, 0.25) is 0 Å². The average Bonchev–Trinajstić information content (AvgIpc) is 2.82. The van der Waals surface area contributed by atoms with Crippen LogP contribution in [0.2, 0.25) is 5.02 Å². The maximum atomic E-state index is 13.5.